The molecular formula is C27H31FN2O6S. The Balaban J connectivity index is 1.71. The third-order valence-corrected chi connectivity index (χ3v) is 7.27. The minimum absolute atomic E-state index is 0.114. The summed E-state index contributed by atoms with van der Waals surface area (Å²) < 4.78 is 57.6. The van der Waals surface area contributed by atoms with Crippen LogP contribution < -0.4 is 23.8 Å². The van der Waals surface area contributed by atoms with Crippen molar-refractivity contribution in [1.29, 1.82) is 0 Å². The summed E-state index contributed by atoms with van der Waals surface area (Å²) in [6, 6.07) is 16.7. The van der Waals surface area contributed by atoms with Gasteiger partial charge in [-0.05, 0) is 60.5 Å². The van der Waals surface area contributed by atoms with Crippen LogP contribution in [-0.2, 0) is 21.2 Å². The molecule has 0 fully saturated rings. The third-order valence-electron chi connectivity index (χ3n) is 5.50. The Kier molecular flexibility index (Phi) is 9.73. The van der Waals surface area contributed by atoms with Crippen molar-refractivity contribution < 1.29 is 31.8 Å². The van der Waals surface area contributed by atoms with Crippen molar-refractivity contribution in [3.8, 4) is 17.2 Å². The zero-order valence-corrected chi connectivity index (χ0v) is 21.9. The van der Waals surface area contributed by atoms with Gasteiger partial charge in [0.25, 0.3) is 10.0 Å². The molecule has 10 heteroatoms. The molecule has 0 aliphatic carbocycles. The lowest BCUT2D eigenvalue weighted by Crippen LogP contribution is -2.42. The van der Waals surface area contributed by atoms with Gasteiger partial charge in [0.1, 0.15) is 24.7 Å². The second-order valence-electron chi connectivity index (χ2n) is 8.10. The van der Waals surface area contributed by atoms with Crippen molar-refractivity contribution in [2.24, 2.45) is 0 Å². The molecule has 3 aromatic rings. The fourth-order valence-electron chi connectivity index (χ4n) is 3.61. The fraction of sp³-hybridized carbons (Fsp3) is 0.296. The Hall–Kier alpha value is -3.79. The Morgan fingerprint density at radius 3 is 2.24 bits per heavy atom. The molecule has 3 aromatic carbocycles. The predicted molar refractivity (Wildman–Crippen MR) is 139 cm³/mol. The molecule has 0 bridgehead atoms. The monoisotopic (exact) mass is 530 g/mol. The largest absolute Gasteiger partial charge is 0.493 e. The van der Waals surface area contributed by atoms with E-state index in [1.54, 1.807) is 0 Å². The highest BCUT2D eigenvalue weighted by molar-refractivity contribution is 7.92. The molecule has 0 saturated carbocycles. The van der Waals surface area contributed by atoms with Crippen LogP contribution in [0.5, 0.6) is 17.2 Å². The van der Waals surface area contributed by atoms with Crippen molar-refractivity contribution in [2.45, 2.75) is 24.7 Å². The highest BCUT2D eigenvalue weighted by Gasteiger charge is 2.28. The van der Waals surface area contributed by atoms with Crippen LogP contribution in [0.3, 0.4) is 0 Å². The number of rotatable bonds is 13. The maximum absolute atomic E-state index is 13.5. The minimum atomic E-state index is -4.22. The van der Waals surface area contributed by atoms with Crippen molar-refractivity contribution in [2.75, 3.05) is 38.2 Å². The van der Waals surface area contributed by atoms with Gasteiger partial charge in [-0.1, -0.05) is 25.5 Å². The van der Waals surface area contributed by atoms with Gasteiger partial charge in [-0.3, -0.25) is 9.10 Å². The number of aryl methyl sites for hydroxylation is 1. The van der Waals surface area contributed by atoms with Gasteiger partial charge in [0, 0.05) is 6.07 Å². The number of benzene rings is 3. The lowest BCUT2D eigenvalue weighted by atomic mass is 10.1. The van der Waals surface area contributed by atoms with E-state index in [1.807, 2.05) is 24.3 Å². The van der Waals surface area contributed by atoms with Crippen LogP contribution in [0.2, 0.25) is 0 Å². The molecule has 198 valence electrons. The number of halogens is 1. The Labute approximate surface area is 217 Å². The van der Waals surface area contributed by atoms with Crippen molar-refractivity contribution in [1.82, 2.24) is 5.32 Å². The number of methoxy groups -OCH3 is 2. The zero-order chi connectivity index (χ0) is 26.8. The van der Waals surface area contributed by atoms with Gasteiger partial charge in [-0.2, -0.15) is 0 Å². The predicted octanol–water partition coefficient (Wildman–Crippen LogP) is 4.19. The zero-order valence-electron chi connectivity index (χ0n) is 21.1. The SMILES string of the molecule is CCCc1ccc(OCCNC(=O)CN(c2ccc(F)cc2)S(=O)(=O)c2ccc(OC)c(OC)c2)cc1. The Bertz CT molecular complexity index is 1280. The molecular weight excluding hydrogens is 499 g/mol. The van der Waals surface area contributed by atoms with Crippen LogP contribution >= 0.6 is 0 Å². The minimum Gasteiger partial charge on any atom is -0.493 e. The summed E-state index contributed by atoms with van der Waals surface area (Å²) in [6.45, 7) is 1.97. The number of carbonyl (C=O) groups is 1. The molecule has 0 spiro atoms. The molecule has 0 aliphatic heterocycles. The third kappa shape index (κ3) is 7.36. The van der Waals surface area contributed by atoms with Gasteiger partial charge in [-0.25, -0.2) is 12.8 Å². The molecule has 8 nitrogen and oxygen atoms in total. The van der Waals surface area contributed by atoms with Crippen LogP contribution in [0.15, 0.2) is 71.6 Å². The van der Waals surface area contributed by atoms with Gasteiger partial charge >= 0.3 is 0 Å². The quantitative estimate of drug-likeness (QED) is 0.333. The van der Waals surface area contributed by atoms with Crippen molar-refractivity contribution in [3.63, 3.8) is 0 Å². The molecule has 0 saturated heterocycles. The smallest absolute Gasteiger partial charge is 0.264 e. The average Bonchev–Trinajstić information content (AvgIpc) is 2.91. The number of ether oxygens (including phenoxy) is 3. The number of nitrogens with zero attached hydrogens (tertiary/aromatic N) is 1. The number of nitrogens with one attached hydrogen (secondary N) is 1. The number of amides is 1. The summed E-state index contributed by atoms with van der Waals surface area (Å²) in [5.41, 5.74) is 1.36. The van der Waals surface area contributed by atoms with Crippen LogP contribution in [-0.4, -0.2) is 48.2 Å². The summed E-state index contributed by atoms with van der Waals surface area (Å²) in [5, 5.41) is 2.67. The van der Waals surface area contributed by atoms with Crippen molar-refractivity contribution in [3.05, 3.63) is 78.1 Å². The molecule has 37 heavy (non-hydrogen) atoms. The number of hydrogen-bond donors (Lipinski definition) is 1. The van der Waals surface area contributed by atoms with E-state index in [2.05, 4.69) is 12.2 Å². The second-order valence-corrected chi connectivity index (χ2v) is 9.96. The second kappa shape index (κ2) is 13.0. The van der Waals surface area contributed by atoms with Gasteiger partial charge in [0.05, 0.1) is 31.3 Å². The van der Waals surface area contributed by atoms with E-state index in [-0.39, 0.29) is 29.5 Å². The summed E-state index contributed by atoms with van der Waals surface area (Å²) in [5.74, 6) is 0.171. The number of sulfonamides is 1. The standard InChI is InChI=1S/C27H31FN2O6S/c1-4-5-20-6-12-23(13-7-20)36-17-16-29-27(31)19-30(22-10-8-21(28)9-11-22)37(32,33)24-14-15-25(34-2)26(18-24)35-3/h6-15,18H,4-5,16-17,19H2,1-3H3,(H,29,31). The maximum atomic E-state index is 13.5. The first-order chi connectivity index (χ1) is 17.8. The molecule has 0 radical (unpaired) electrons. The molecule has 3 rings (SSSR count). The first kappa shape index (κ1) is 27.8. The molecule has 0 aromatic heterocycles. The van der Waals surface area contributed by atoms with E-state index in [0.717, 1.165) is 29.3 Å². The van der Waals surface area contributed by atoms with E-state index in [0.29, 0.717) is 11.5 Å². The van der Waals surface area contributed by atoms with Gasteiger partial charge in [0.15, 0.2) is 11.5 Å². The van der Waals surface area contributed by atoms with Gasteiger partial charge in [-0.15, -0.1) is 0 Å². The van der Waals surface area contributed by atoms with Crippen LogP contribution in [0.4, 0.5) is 10.1 Å². The van der Waals surface area contributed by atoms with E-state index in [1.165, 1.54) is 50.1 Å². The van der Waals surface area contributed by atoms with E-state index in [9.17, 15) is 17.6 Å². The molecule has 0 aliphatic rings. The Morgan fingerprint density at radius 2 is 1.62 bits per heavy atom. The molecule has 1 N–H and O–H groups in total. The average molecular weight is 531 g/mol. The topological polar surface area (TPSA) is 94.2 Å². The first-order valence-corrected chi connectivity index (χ1v) is 13.2. The molecule has 0 unspecified atom stereocenters. The molecule has 1 amide bonds. The summed E-state index contributed by atoms with van der Waals surface area (Å²) >= 11 is 0. The Morgan fingerprint density at radius 1 is 0.946 bits per heavy atom. The van der Waals surface area contributed by atoms with Gasteiger partial charge in [0.2, 0.25) is 5.91 Å². The van der Waals surface area contributed by atoms with Crippen molar-refractivity contribution >= 4 is 21.6 Å². The number of carbonyl (C=O) groups excluding carboxylic acids is 1. The van der Waals surface area contributed by atoms with E-state index in [4.69, 9.17) is 14.2 Å². The van der Waals surface area contributed by atoms with Crippen LogP contribution in [0, 0.1) is 5.82 Å². The number of hydrogen-bond acceptors (Lipinski definition) is 6. The highest BCUT2D eigenvalue weighted by atomic mass is 32.2. The van der Waals surface area contributed by atoms with Gasteiger partial charge < -0.3 is 19.5 Å². The lowest BCUT2D eigenvalue weighted by molar-refractivity contribution is -0.119. The lowest BCUT2D eigenvalue weighted by Gasteiger charge is -2.24. The molecule has 0 heterocycles. The first-order valence-electron chi connectivity index (χ1n) is 11.8. The summed E-state index contributed by atoms with van der Waals surface area (Å²) in [6.07, 6.45) is 2.05. The van der Waals surface area contributed by atoms with E-state index < -0.39 is 28.3 Å². The summed E-state index contributed by atoms with van der Waals surface area (Å²) in [4.78, 5) is 12.6. The summed E-state index contributed by atoms with van der Waals surface area (Å²) in [7, 11) is -1.39. The van der Waals surface area contributed by atoms with Crippen LogP contribution in [0.1, 0.15) is 18.9 Å². The normalized spacial score (nSPS) is 11.0. The fourth-order valence-corrected chi connectivity index (χ4v) is 5.05. The number of anilines is 1. The molecule has 0 atom stereocenters. The van der Waals surface area contributed by atoms with E-state index >= 15 is 0 Å². The highest BCUT2D eigenvalue weighted by Crippen LogP contribution is 2.32. The maximum Gasteiger partial charge on any atom is 0.264 e. The van der Waals surface area contributed by atoms with Crippen LogP contribution in [0.25, 0.3) is 0 Å².